The predicted molar refractivity (Wildman–Crippen MR) is 84.1 cm³/mol. The van der Waals surface area contributed by atoms with Crippen molar-refractivity contribution < 1.29 is 10.2 Å². The van der Waals surface area contributed by atoms with E-state index in [1.54, 1.807) is 18.2 Å². The van der Waals surface area contributed by atoms with E-state index in [1.807, 2.05) is 6.07 Å². The van der Waals surface area contributed by atoms with Crippen LogP contribution in [0.25, 0.3) is 0 Å². The molecule has 0 atom stereocenters. The Bertz CT molecular complexity index is 691. The van der Waals surface area contributed by atoms with Gasteiger partial charge in [-0.15, -0.1) is 10.2 Å². The van der Waals surface area contributed by atoms with Gasteiger partial charge in [0.1, 0.15) is 22.9 Å². The van der Waals surface area contributed by atoms with Crippen LogP contribution in [0.2, 0.25) is 5.02 Å². The number of benzene rings is 2. The lowest BCUT2D eigenvalue weighted by molar-refractivity contribution is 0.473. The number of nitrogens with zero attached hydrogens (tertiary/aromatic N) is 2. The van der Waals surface area contributed by atoms with Gasteiger partial charge in [-0.05, 0) is 41.3 Å². The first-order chi connectivity index (χ1) is 9.77. The maximum atomic E-state index is 9.86. The van der Waals surface area contributed by atoms with Crippen LogP contribution in [0, 0.1) is 0 Å². The zero-order valence-corrected chi connectivity index (χ0v) is 12.9. The van der Waals surface area contributed by atoms with Crippen molar-refractivity contribution in [3.8, 4) is 11.5 Å². The van der Waals surface area contributed by atoms with Gasteiger partial charge >= 0.3 is 0 Å². The van der Waals surface area contributed by atoms with Gasteiger partial charge in [-0.2, -0.15) is 0 Å². The molecule has 0 unspecified atom stereocenters. The molecule has 21 heavy (non-hydrogen) atoms. The third-order valence-electron chi connectivity index (χ3n) is 3.04. The molecule has 0 saturated heterocycles. The second kappa shape index (κ2) is 5.74. The average Bonchev–Trinajstić information content (AvgIpc) is 2.40. The monoisotopic (exact) mass is 304 g/mol. The summed E-state index contributed by atoms with van der Waals surface area (Å²) in [4.78, 5) is 0. The van der Waals surface area contributed by atoms with Crippen molar-refractivity contribution in [2.75, 3.05) is 0 Å². The normalized spacial score (nSPS) is 12.0. The van der Waals surface area contributed by atoms with E-state index >= 15 is 0 Å². The van der Waals surface area contributed by atoms with E-state index in [0.717, 1.165) is 5.56 Å². The fourth-order valence-corrected chi connectivity index (χ4v) is 1.92. The predicted octanol–water partition coefficient (Wildman–Crippen LogP) is 5.46. The lowest BCUT2D eigenvalue weighted by Gasteiger charge is -2.19. The molecule has 2 rings (SSSR count). The third kappa shape index (κ3) is 3.73. The molecule has 0 spiro atoms. The second-order valence-electron chi connectivity index (χ2n) is 5.79. The number of halogens is 1. The van der Waals surface area contributed by atoms with Crippen LogP contribution in [0.4, 0.5) is 11.4 Å². The van der Waals surface area contributed by atoms with Crippen molar-refractivity contribution >= 4 is 23.0 Å². The summed E-state index contributed by atoms with van der Waals surface area (Å²) >= 11 is 5.85. The molecule has 0 aliphatic rings. The third-order valence-corrected chi connectivity index (χ3v) is 3.28. The van der Waals surface area contributed by atoms with Crippen molar-refractivity contribution in [3.63, 3.8) is 0 Å². The molecular weight excluding hydrogens is 288 g/mol. The highest BCUT2D eigenvalue weighted by Crippen LogP contribution is 2.35. The summed E-state index contributed by atoms with van der Waals surface area (Å²) in [5, 5.41) is 28.0. The van der Waals surface area contributed by atoms with Crippen molar-refractivity contribution in [1.29, 1.82) is 0 Å². The van der Waals surface area contributed by atoms with E-state index in [1.165, 1.54) is 12.1 Å². The smallest absolute Gasteiger partial charge is 0.143 e. The molecule has 0 radical (unpaired) electrons. The van der Waals surface area contributed by atoms with E-state index in [9.17, 15) is 10.2 Å². The first kappa shape index (κ1) is 15.3. The largest absolute Gasteiger partial charge is 0.506 e. The number of aromatic hydroxyl groups is 2. The molecule has 2 aromatic carbocycles. The van der Waals surface area contributed by atoms with Gasteiger partial charge in [0.2, 0.25) is 0 Å². The maximum Gasteiger partial charge on any atom is 0.143 e. The Hall–Kier alpha value is -2.07. The molecule has 0 heterocycles. The molecular formula is C16H17ClN2O2. The molecule has 0 bridgehead atoms. The van der Waals surface area contributed by atoms with Gasteiger partial charge in [-0.1, -0.05) is 38.4 Å². The first-order valence-electron chi connectivity index (χ1n) is 6.51. The second-order valence-corrected chi connectivity index (χ2v) is 6.22. The van der Waals surface area contributed by atoms with E-state index in [4.69, 9.17) is 11.6 Å². The molecule has 0 aliphatic heterocycles. The Morgan fingerprint density at radius 1 is 0.857 bits per heavy atom. The molecule has 0 aliphatic carbocycles. The highest BCUT2D eigenvalue weighted by molar-refractivity contribution is 6.30. The van der Waals surface area contributed by atoms with Crippen LogP contribution in [0.15, 0.2) is 46.6 Å². The molecule has 110 valence electrons. The summed E-state index contributed by atoms with van der Waals surface area (Å²) in [6.07, 6.45) is 0. The van der Waals surface area contributed by atoms with Gasteiger partial charge < -0.3 is 10.2 Å². The van der Waals surface area contributed by atoms with Crippen molar-refractivity contribution in [1.82, 2.24) is 0 Å². The Balaban J connectivity index is 2.39. The minimum Gasteiger partial charge on any atom is -0.506 e. The molecule has 2 aromatic rings. The van der Waals surface area contributed by atoms with E-state index in [2.05, 4.69) is 31.0 Å². The summed E-state index contributed by atoms with van der Waals surface area (Å²) in [5.41, 5.74) is 1.57. The first-order valence-corrected chi connectivity index (χ1v) is 6.89. The van der Waals surface area contributed by atoms with Crippen LogP contribution in [-0.4, -0.2) is 10.2 Å². The minimum absolute atomic E-state index is 0.0189. The fourth-order valence-electron chi connectivity index (χ4n) is 1.75. The van der Waals surface area contributed by atoms with Crippen LogP contribution in [0.3, 0.4) is 0 Å². The Morgan fingerprint density at radius 3 is 1.95 bits per heavy atom. The van der Waals surface area contributed by atoms with Gasteiger partial charge in [-0.3, -0.25) is 0 Å². The SMILES string of the molecule is CC(C)(C)c1ccc(O)c(N=Nc2cc(Cl)ccc2O)c1. The van der Waals surface area contributed by atoms with Gasteiger partial charge in [0.05, 0.1) is 0 Å². The highest BCUT2D eigenvalue weighted by atomic mass is 35.5. The number of phenolic OH excluding ortho intramolecular Hbond substituents is 2. The van der Waals surface area contributed by atoms with E-state index in [0.29, 0.717) is 10.7 Å². The summed E-state index contributed by atoms with van der Waals surface area (Å²) in [5.74, 6) is 0.0166. The minimum atomic E-state index is -0.0594. The topological polar surface area (TPSA) is 65.2 Å². The number of hydrogen-bond donors (Lipinski definition) is 2. The lowest BCUT2D eigenvalue weighted by Crippen LogP contribution is -2.10. The zero-order valence-electron chi connectivity index (χ0n) is 12.1. The van der Waals surface area contributed by atoms with Crippen LogP contribution >= 0.6 is 11.6 Å². The molecule has 2 N–H and O–H groups in total. The van der Waals surface area contributed by atoms with Gasteiger partial charge in [0.25, 0.3) is 0 Å². The van der Waals surface area contributed by atoms with Crippen LogP contribution in [0.1, 0.15) is 26.3 Å². The van der Waals surface area contributed by atoms with Gasteiger partial charge in [0, 0.05) is 5.02 Å². The number of rotatable bonds is 2. The van der Waals surface area contributed by atoms with Gasteiger partial charge in [-0.25, -0.2) is 0 Å². The zero-order chi connectivity index (χ0) is 15.6. The van der Waals surface area contributed by atoms with Crippen molar-refractivity contribution in [2.45, 2.75) is 26.2 Å². The van der Waals surface area contributed by atoms with Crippen LogP contribution in [-0.2, 0) is 5.41 Å². The number of phenols is 2. The molecule has 0 aromatic heterocycles. The van der Waals surface area contributed by atoms with Crippen molar-refractivity contribution in [3.05, 3.63) is 47.0 Å². The number of azo groups is 1. The van der Waals surface area contributed by atoms with Crippen LogP contribution < -0.4 is 0 Å². The van der Waals surface area contributed by atoms with Crippen LogP contribution in [0.5, 0.6) is 11.5 Å². The lowest BCUT2D eigenvalue weighted by atomic mass is 9.87. The van der Waals surface area contributed by atoms with E-state index < -0.39 is 0 Å². The Kier molecular flexibility index (Phi) is 4.19. The Labute approximate surface area is 128 Å². The summed E-state index contributed by atoms with van der Waals surface area (Å²) in [6, 6.07) is 9.74. The summed E-state index contributed by atoms with van der Waals surface area (Å²) in [6.45, 7) is 6.22. The molecule has 0 amide bonds. The molecule has 4 nitrogen and oxygen atoms in total. The standard InChI is InChI=1S/C16H17ClN2O2/c1-16(2,3)10-4-6-14(20)12(8-10)18-19-13-9-11(17)5-7-15(13)21/h4-9,20-21H,1-3H3. The summed E-state index contributed by atoms with van der Waals surface area (Å²) in [7, 11) is 0. The van der Waals surface area contributed by atoms with Gasteiger partial charge in [0.15, 0.2) is 0 Å². The molecule has 5 heteroatoms. The number of hydrogen-bond acceptors (Lipinski definition) is 4. The Morgan fingerprint density at radius 2 is 1.38 bits per heavy atom. The summed E-state index contributed by atoms with van der Waals surface area (Å²) < 4.78 is 0. The molecule has 0 fully saturated rings. The molecule has 0 saturated carbocycles. The maximum absolute atomic E-state index is 9.86. The van der Waals surface area contributed by atoms with E-state index in [-0.39, 0.29) is 22.6 Å². The highest BCUT2D eigenvalue weighted by Gasteiger charge is 2.15. The average molecular weight is 305 g/mol. The van der Waals surface area contributed by atoms with Crippen molar-refractivity contribution in [2.24, 2.45) is 10.2 Å². The fraction of sp³-hybridized carbons (Fsp3) is 0.250. The quantitative estimate of drug-likeness (QED) is 0.723.